The Morgan fingerprint density at radius 3 is 2.63 bits per heavy atom. The van der Waals surface area contributed by atoms with E-state index >= 15 is 0 Å². The van der Waals surface area contributed by atoms with Crippen LogP contribution >= 0.6 is 0 Å². The smallest absolute Gasteiger partial charge is 0.258 e. The number of anilines is 1. The zero-order valence-corrected chi connectivity index (χ0v) is 14.5. The molecule has 134 valence electrons. The van der Waals surface area contributed by atoms with Crippen molar-refractivity contribution in [1.29, 1.82) is 0 Å². The maximum absolute atomic E-state index is 13.9. The molecule has 0 saturated carbocycles. The Kier molecular flexibility index (Phi) is 4.30. The van der Waals surface area contributed by atoms with Crippen LogP contribution in [-0.4, -0.2) is 23.0 Å². The number of rotatable bonds is 4. The number of hydrogen-bond donors (Lipinski definition) is 2. The third-order valence-electron chi connectivity index (χ3n) is 4.23. The highest BCUT2D eigenvalue weighted by atomic mass is 19.1. The third-order valence-corrected chi connectivity index (χ3v) is 4.23. The van der Waals surface area contributed by atoms with E-state index in [0.29, 0.717) is 17.3 Å². The van der Waals surface area contributed by atoms with E-state index in [-0.39, 0.29) is 5.56 Å². The lowest BCUT2D eigenvalue weighted by molar-refractivity contribution is 0.102. The van der Waals surface area contributed by atoms with Crippen LogP contribution in [0.4, 0.5) is 10.1 Å². The van der Waals surface area contributed by atoms with E-state index in [9.17, 15) is 9.18 Å². The lowest BCUT2D eigenvalue weighted by Gasteiger charge is -2.12. The van der Waals surface area contributed by atoms with E-state index in [2.05, 4.69) is 15.3 Å². The molecular formula is C21H16FN3O2. The van der Waals surface area contributed by atoms with Crippen molar-refractivity contribution in [3.05, 3.63) is 78.1 Å². The molecule has 0 aliphatic heterocycles. The topological polar surface area (TPSA) is 67.0 Å². The number of H-pyrrole nitrogens is 1. The number of halogens is 1. The van der Waals surface area contributed by atoms with Gasteiger partial charge in [0.25, 0.3) is 5.91 Å². The van der Waals surface area contributed by atoms with Gasteiger partial charge in [0.15, 0.2) is 0 Å². The van der Waals surface area contributed by atoms with E-state index in [1.807, 2.05) is 30.3 Å². The number of hydrogen-bond acceptors (Lipinski definition) is 3. The molecule has 0 saturated heterocycles. The average Bonchev–Trinajstić information content (AvgIpc) is 3.12. The van der Waals surface area contributed by atoms with Gasteiger partial charge in [0, 0.05) is 5.56 Å². The van der Waals surface area contributed by atoms with Gasteiger partial charge in [-0.3, -0.25) is 4.79 Å². The number of aromatic nitrogens is 2. The number of methoxy groups -OCH3 is 1. The van der Waals surface area contributed by atoms with Crippen LogP contribution in [0.2, 0.25) is 0 Å². The molecule has 27 heavy (non-hydrogen) atoms. The molecule has 4 aromatic rings. The summed E-state index contributed by atoms with van der Waals surface area (Å²) in [5.41, 5.74) is 2.94. The van der Waals surface area contributed by atoms with Crippen LogP contribution in [-0.2, 0) is 0 Å². The van der Waals surface area contributed by atoms with Crippen molar-refractivity contribution >= 4 is 22.6 Å². The van der Waals surface area contributed by atoms with E-state index in [1.54, 1.807) is 18.2 Å². The highest BCUT2D eigenvalue weighted by Crippen LogP contribution is 2.31. The number of carbonyl (C=O) groups excluding carboxylic acids is 1. The average molecular weight is 361 g/mol. The fourth-order valence-electron chi connectivity index (χ4n) is 2.88. The minimum Gasteiger partial charge on any atom is -0.495 e. The molecule has 1 heterocycles. The zero-order chi connectivity index (χ0) is 18.8. The Hall–Kier alpha value is -3.67. The Morgan fingerprint density at radius 2 is 1.85 bits per heavy atom. The van der Waals surface area contributed by atoms with Crippen LogP contribution in [0.1, 0.15) is 10.4 Å². The lowest BCUT2D eigenvalue weighted by Crippen LogP contribution is -2.14. The van der Waals surface area contributed by atoms with Crippen LogP contribution in [0.5, 0.6) is 5.75 Å². The normalized spacial score (nSPS) is 10.7. The first-order valence-corrected chi connectivity index (χ1v) is 8.35. The van der Waals surface area contributed by atoms with Crippen molar-refractivity contribution in [2.45, 2.75) is 0 Å². The Labute approximate surface area is 154 Å². The summed E-state index contributed by atoms with van der Waals surface area (Å²) in [6, 6.07) is 18.9. The van der Waals surface area contributed by atoms with Gasteiger partial charge >= 0.3 is 0 Å². The second kappa shape index (κ2) is 6.92. The molecule has 5 nitrogen and oxygen atoms in total. The number of nitrogens with one attached hydrogen (secondary N) is 2. The molecule has 1 amide bonds. The van der Waals surface area contributed by atoms with Crippen molar-refractivity contribution in [3.8, 4) is 17.1 Å². The van der Waals surface area contributed by atoms with Crippen molar-refractivity contribution < 1.29 is 13.9 Å². The summed E-state index contributed by atoms with van der Waals surface area (Å²) < 4.78 is 19.2. The number of fused-ring (bicyclic) bond motifs is 1. The number of carbonyl (C=O) groups is 1. The minimum absolute atomic E-state index is 0.0336. The van der Waals surface area contributed by atoms with E-state index in [1.165, 1.54) is 25.3 Å². The Bertz CT molecular complexity index is 1100. The molecule has 4 rings (SSSR count). The van der Waals surface area contributed by atoms with Gasteiger partial charge in [0.2, 0.25) is 0 Å². The first kappa shape index (κ1) is 16.8. The van der Waals surface area contributed by atoms with E-state index in [0.717, 1.165) is 16.6 Å². The van der Waals surface area contributed by atoms with E-state index < -0.39 is 11.7 Å². The van der Waals surface area contributed by atoms with Crippen molar-refractivity contribution in [2.24, 2.45) is 0 Å². The van der Waals surface area contributed by atoms with Gasteiger partial charge in [-0.05, 0) is 42.5 Å². The van der Waals surface area contributed by atoms with Crippen LogP contribution in [0, 0.1) is 5.82 Å². The fourth-order valence-corrected chi connectivity index (χ4v) is 2.88. The van der Waals surface area contributed by atoms with Crippen LogP contribution in [0.3, 0.4) is 0 Å². The molecule has 0 fully saturated rings. The van der Waals surface area contributed by atoms with Gasteiger partial charge in [-0.25, -0.2) is 9.37 Å². The maximum Gasteiger partial charge on any atom is 0.258 e. The lowest BCUT2D eigenvalue weighted by atomic mass is 10.1. The second-order valence-electron chi connectivity index (χ2n) is 5.95. The van der Waals surface area contributed by atoms with Gasteiger partial charge in [-0.15, -0.1) is 0 Å². The molecule has 0 unspecified atom stereocenters. The minimum atomic E-state index is -0.581. The third kappa shape index (κ3) is 3.25. The van der Waals surface area contributed by atoms with Crippen molar-refractivity contribution in [3.63, 3.8) is 0 Å². The number of aromatic amines is 1. The summed E-state index contributed by atoms with van der Waals surface area (Å²) in [7, 11) is 1.51. The van der Waals surface area contributed by atoms with Crippen LogP contribution in [0.15, 0.2) is 66.7 Å². The monoisotopic (exact) mass is 361 g/mol. The quantitative estimate of drug-likeness (QED) is 0.557. The number of amides is 1. The Balaban J connectivity index is 1.70. The summed E-state index contributed by atoms with van der Waals surface area (Å²) in [5.74, 6) is 0.00959. The summed E-state index contributed by atoms with van der Waals surface area (Å²) in [4.78, 5) is 20.3. The molecular weight excluding hydrogens is 345 g/mol. The molecule has 0 spiro atoms. The van der Waals surface area contributed by atoms with E-state index in [4.69, 9.17) is 4.74 Å². The number of benzene rings is 3. The number of ether oxygens (including phenoxy) is 1. The highest BCUT2D eigenvalue weighted by Gasteiger charge is 2.15. The predicted octanol–water partition coefficient (Wildman–Crippen LogP) is 4.63. The second-order valence-corrected chi connectivity index (χ2v) is 5.95. The van der Waals surface area contributed by atoms with Gasteiger partial charge in [-0.2, -0.15) is 0 Å². The Morgan fingerprint density at radius 1 is 1.07 bits per heavy atom. The standard InChI is InChI=1S/C21H16FN3O2/c1-27-19-11-10-13(20-23-16-8-4-5-9-17(16)24-20)12-18(19)25-21(26)14-6-2-3-7-15(14)22/h2-12H,1H3,(H,23,24)(H,25,26). The number of imidazole rings is 1. The summed E-state index contributed by atoms with van der Waals surface area (Å²) in [6.45, 7) is 0. The van der Waals surface area contributed by atoms with Crippen molar-refractivity contribution in [1.82, 2.24) is 9.97 Å². The molecule has 0 radical (unpaired) electrons. The summed E-state index contributed by atoms with van der Waals surface area (Å²) in [6.07, 6.45) is 0. The van der Waals surface area contributed by atoms with Gasteiger partial charge < -0.3 is 15.0 Å². The SMILES string of the molecule is COc1ccc(-c2nc3ccccc3[nH]2)cc1NC(=O)c1ccccc1F. The van der Waals surface area contributed by atoms with Crippen LogP contribution in [0.25, 0.3) is 22.4 Å². The fraction of sp³-hybridized carbons (Fsp3) is 0.0476. The number of nitrogens with zero attached hydrogens (tertiary/aromatic N) is 1. The molecule has 3 aromatic carbocycles. The molecule has 1 aromatic heterocycles. The molecule has 0 atom stereocenters. The summed E-state index contributed by atoms with van der Waals surface area (Å²) >= 11 is 0. The molecule has 6 heteroatoms. The van der Waals surface area contributed by atoms with Crippen molar-refractivity contribution in [2.75, 3.05) is 12.4 Å². The maximum atomic E-state index is 13.9. The molecule has 0 aliphatic rings. The molecule has 0 bridgehead atoms. The van der Waals surface area contributed by atoms with Crippen LogP contribution < -0.4 is 10.1 Å². The number of para-hydroxylation sites is 2. The predicted molar refractivity (Wildman–Crippen MR) is 102 cm³/mol. The van der Waals surface area contributed by atoms with Gasteiger partial charge in [-0.1, -0.05) is 24.3 Å². The highest BCUT2D eigenvalue weighted by molar-refractivity contribution is 6.05. The molecule has 0 aliphatic carbocycles. The van der Waals surface area contributed by atoms with Gasteiger partial charge in [0.05, 0.1) is 29.4 Å². The largest absolute Gasteiger partial charge is 0.495 e. The first-order chi connectivity index (χ1) is 13.2. The molecule has 2 N–H and O–H groups in total. The first-order valence-electron chi connectivity index (χ1n) is 8.35. The zero-order valence-electron chi connectivity index (χ0n) is 14.5. The van der Waals surface area contributed by atoms with Gasteiger partial charge in [0.1, 0.15) is 17.4 Å². The summed E-state index contributed by atoms with van der Waals surface area (Å²) in [5, 5.41) is 2.72.